The number of hydrogen-bond donors (Lipinski definition) is 0. The molecular formula is C23H24N4O. The minimum Gasteiger partial charge on any atom is -0.367 e. The average molecular weight is 372 g/mol. The number of pyridine rings is 1. The van der Waals surface area contributed by atoms with E-state index in [-0.39, 0.29) is 5.60 Å². The van der Waals surface area contributed by atoms with Crippen molar-refractivity contribution in [1.82, 2.24) is 15.0 Å². The highest BCUT2D eigenvalue weighted by molar-refractivity contribution is 5.60. The van der Waals surface area contributed by atoms with Crippen LogP contribution in [0.5, 0.6) is 0 Å². The fourth-order valence-electron chi connectivity index (χ4n) is 4.48. The highest BCUT2D eigenvalue weighted by Gasteiger charge is 2.43. The Kier molecular flexibility index (Phi) is 4.13. The number of benzene rings is 1. The smallest absolute Gasteiger partial charge is 0.163 e. The van der Waals surface area contributed by atoms with Gasteiger partial charge in [0, 0.05) is 35.8 Å². The fraction of sp³-hybridized carbons (Fsp3) is 0.348. The standard InChI is InChI=1S/C23H24N4O/c1-16-17(2)25-21(19-7-5-11-24-14-19)26-22(16)27-12-13-28-23(15-27)10-9-18-6-3-4-8-20(18)23/h3-8,11,14H,9-10,12-13,15H2,1-2H3. The normalized spacial score (nSPS) is 21.1. The van der Waals surface area contributed by atoms with Gasteiger partial charge >= 0.3 is 0 Å². The van der Waals surface area contributed by atoms with Crippen LogP contribution in [-0.4, -0.2) is 34.6 Å². The SMILES string of the molecule is Cc1nc(-c2cccnc2)nc(N2CCOC3(CCc4ccccc43)C2)c1C. The second kappa shape index (κ2) is 6.67. The molecule has 1 aliphatic heterocycles. The van der Waals surface area contributed by atoms with Crippen molar-refractivity contribution < 1.29 is 4.74 Å². The molecule has 5 rings (SSSR count). The molecule has 142 valence electrons. The molecule has 1 aromatic carbocycles. The minimum absolute atomic E-state index is 0.228. The lowest BCUT2D eigenvalue weighted by Crippen LogP contribution is -2.49. The van der Waals surface area contributed by atoms with Gasteiger partial charge in [0.15, 0.2) is 5.82 Å². The van der Waals surface area contributed by atoms with Crippen LogP contribution in [0.4, 0.5) is 5.82 Å². The number of fused-ring (bicyclic) bond motifs is 2. The van der Waals surface area contributed by atoms with E-state index in [0.29, 0.717) is 6.61 Å². The molecule has 2 aromatic heterocycles. The van der Waals surface area contributed by atoms with Crippen LogP contribution in [-0.2, 0) is 16.8 Å². The second-order valence-electron chi connectivity index (χ2n) is 7.74. The lowest BCUT2D eigenvalue weighted by molar-refractivity contribution is -0.0594. The van der Waals surface area contributed by atoms with Crippen molar-refractivity contribution in [3.63, 3.8) is 0 Å². The molecular weight excluding hydrogens is 348 g/mol. The second-order valence-corrected chi connectivity index (χ2v) is 7.74. The summed E-state index contributed by atoms with van der Waals surface area (Å²) in [5.74, 6) is 1.75. The number of ether oxygens (including phenoxy) is 1. The van der Waals surface area contributed by atoms with E-state index in [1.54, 1.807) is 6.20 Å². The van der Waals surface area contributed by atoms with Crippen LogP contribution in [0.25, 0.3) is 11.4 Å². The van der Waals surface area contributed by atoms with Gasteiger partial charge in [0.25, 0.3) is 0 Å². The number of nitrogens with zero attached hydrogens (tertiary/aromatic N) is 4. The van der Waals surface area contributed by atoms with E-state index in [1.165, 1.54) is 11.1 Å². The van der Waals surface area contributed by atoms with Crippen molar-refractivity contribution in [2.75, 3.05) is 24.6 Å². The van der Waals surface area contributed by atoms with Gasteiger partial charge in [-0.3, -0.25) is 4.98 Å². The Hall–Kier alpha value is -2.79. The van der Waals surface area contributed by atoms with Crippen LogP contribution in [0, 0.1) is 13.8 Å². The topological polar surface area (TPSA) is 51.1 Å². The first-order chi connectivity index (χ1) is 13.7. The van der Waals surface area contributed by atoms with Gasteiger partial charge in [-0.1, -0.05) is 24.3 Å². The molecule has 3 heterocycles. The molecule has 1 spiro atoms. The Labute approximate surface area is 165 Å². The first-order valence-electron chi connectivity index (χ1n) is 9.89. The summed E-state index contributed by atoms with van der Waals surface area (Å²) in [5.41, 5.74) is 5.62. The fourth-order valence-corrected chi connectivity index (χ4v) is 4.48. The van der Waals surface area contributed by atoms with Gasteiger partial charge in [-0.25, -0.2) is 9.97 Å². The van der Waals surface area contributed by atoms with Crippen molar-refractivity contribution in [2.45, 2.75) is 32.3 Å². The van der Waals surface area contributed by atoms with Crippen molar-refractivity contribution in [2.24, 2.45) is 0 Å². The Morgan fingerprint density at radius 2 is 1.96 bits per heavy atom. The molecule has 0 amide bonds. The van der Waals surface area contributed by atoms with Gasteiger partial charge < -0.3 is 9.64 Å². The molecule has 0 bridgehead atoms. The maximum absolute atomic E-state index is 6.39. The molecule has 1 aliphatic carbocycles. The third kappa shape index (κ3) is 2.78. The number of hydrogen-bond acceptors (Lipinski definition) is 5. The Morgan fingerprint density at radius 1 is 1.07 bits per heavy atom. The summed E-state index contributed by atoms with van der Waals surface area (Å²) in [7, 11) is 0. The Balaban J connectivity index is 1.54. The predicted molar refractivity (Wildman–Crippen MR) is 109 cm³/mol. The molecule has 0 N–H and O–H groups in total. The number of aromatic nitrogens is 3. The Bertz CT molecular complexity index is 1020. The third-order valence-electron chi connectivity index (χ3n) is 6.08. The summed E-state index contributed by atoms with van der Waals surface area (Å²) in [5, 5.41) is 0. The number of morpholine rings is 1. The zero-order chi connectivity index (χ0) is 19.1. The quantitative estimate of drug-likeness (QED) is 0.684. The van der Waals surface area contributed by atoms with E-state index in [1.807, 2.05) is 18.3 Å². The lowest BCUT2D eigenvalue weighted by Gasteiger charge is -2.42. The first-order valence-corrected chi connectivity index (χ1v) is 9.89. The monoisotopic (exact) mass is 372 g/mol. The van der Waals surface area contributed by atoms with Gasteiger partial charge in [0.2, 0.25) is 0 Å². The average Bonchev–Trinajstić information content (AvgIpc) is 3.08. The number of aryl methyl sites for hydroxylation is 2. The summed E-state index contributed by atoms with van der Waals surface area (Å²) < 4.78 is 6.39. The van der Waals surface area contributed by atoms with E-state index in [4.69, 9.17) is 14.7 Å². The van der Waals surface area contributed by atoms with E-state index in [0.717, 1.165) is 54.4 Å². The van der Waals surface area contributed by atoms with E-state index in [9.17, 15) is 0 Å². The van der Waals surface area contributed by atoms with Crippen LogP contribution < -0.4 is 4.90 Å². The molecule has 0 saturated carbocycles. The summed E-state index contributed by atoms with van der Waals surface area (Å²) in [6.07, 6.45) is 5.70. The molecule has 5 nitrogen and oxygen atoms in total. The highest BCUT2D eigenvalue weighted by Crippen LogP contribution is 2.43. The van der Waals surface area contributed by atoms with Crippen molar-refractivity contribution in [3.05, 3.63) is 71.2 Å². The molecule has 5 heteroatoms. The van der Waals surface area contributed by atoms with E-state index in [2.05, 4.69) is 48.0 Å². The molecule has 2 aliphatic rings. The van der Waals surface area contributed by atoms with Gasteiger partial charge in [-0.2, -0.15) is 0 Å². The molecule has 3 aromatic rings. The Morgan fingerprint density at radius 3 is 2.82 bits per heavy atom. The van der Waals surface area contributed by atoms with Crippen molar-refractivity contribution in [1.29, 1.82) is 0 Å². The van der Waals surface area contributed by atoms with Gasteiger partial charge in [0.1, 0.15) is 11.4 Å². The molecule has 0 radical (unpaired) electrons. The minimum atomic E-state index is -0.228. The van der Waals surface area contributed by atoms with Crippen LogP contribution in [0.2, 0.25) is 0 Å². The number of anilines is 1. The third-order valence-corrected chi connectivity index (χ3v) is 6.08. The molecule has 1 fully saturated rings. The van der Waals surface area contributed by atoms with Crippen molar-refractivity contribution >= 4 is 5.82 Å². The van der Waals surface area contributed by atoms with Crippen LogP contribution in [0.3, 0.4) is 0 Å². The van der Waals surface area contributed by atoms with E-state index < -0.39 is 0 Å². The summed E-state index contributed by atoms with van der Waals surface area (Å²) in [4.78, 5) is 16.3. The van der Waals surface area contributed by atoms with Gasteiger partial charge in [-0.15, -0.1) is 0 Å². The maximum Gasteiger partial charge on any atom is 0.163 e. The first kappa shape index (κ1) is 17.3. The summed E-state index contributed by atoms with van der Waals surface area (Å²) >= 11 is 0. The van der Waals surface area contributed by atoms with Gasteiger partial charge in [-0.05, 0) is 49.9 Å². The number of rotatable bonds is 2. The molecule has 1 atom stereocenters. The van der Waals surface area contributed by atoms with Gasteiger partial charge in [0.05, 0.1) is 13.2 Å². The van der Waals surface area contributed by atoms with Crippen molar-refractivity contribution in [3.8, 4) is 11.4 Å². The molecule has 28 heavy (non-hydrogen) atoms. The molecule has 1 saturated heterocycles. The lowest BCUT2D eigenvalue weighted by atomic mass is 9.93. The van der Waals surface area contributed by atoms with Crippen LogP contribution in [0.15, 0.2) is 48.8 Å². The maximum atomic E-state index is 6.39. The highest BCUT2D eigenvalue weighted by atomic mass is 16.5. The van der Waals surface area contributed by atoms with Crippen LogP contribution >= 0.6 is 0 Å². The predicted octanol–water partition coefficient (Wildman–Crippen LogP) is 3.83. The van der Waals surface area contributed by atoms with E-state index >= 15 is 0 Å². The molecule has 1 unspecified atom stereocenters. The van der Waals surface area contributed by atoms with Crippen LogP contribution in [0.1, 0.15) is 28.8 Å². The largest absolute Gasteiger partial charge is 0.367 e. The summed E-state index contributed by atoms with van der Waals surface area (Å²) in [6, 6.07) is 12.6. The zero-order valence-corrected chi connectivity index (χ0v) is 16.4. The summed E-state index contributed by atoms with van der Waals surface area (Å²) in [6.45, 7) is 6.55. The zero-order valence-electron chi connectivity index (χ0n) is 16.4.